The van der Waals surface area contributed by atoms with Gasteiger partial charge in [-0.05, 0) is 18.8 Å². The quantitative estimate of drug-likeness (QED) is 0.924. The van der Waals surface area contributed by atoms with Crippen LogP contribution in [-0.2, 0) is 6.18 Å². The highest BCUT2D eigenvalue weighted by Crippen LogP contribution is 2.31. The first-order valence-electron chi connectivity index (χ1n) is 6.85. The fourth-order valence-corrected chi connectivity index (χ4v) is 2.20. The molecule has 0 bridgehead atoms. The monoisotopic (exact) mass is 288 g/mol. The van der Waals surface area contributed by atoms with Gasteiger partial charge in [-0.1, -0.05) is 13.8 Å². The molecule has 1 aliphatic heterocycles. The Hall–Kier alpha value is -1.53. The van der Waals surface area contributed by atoms with E-state index in [1.54, 1.807) is 0 Å². The van der Waals surface area contributed by atoms with Crippen molar-refractivity contribution in [2.24, 2.45) is 5.92 Å². The van der Waals surface area contributed by atoms with Gasteiger partial charge in [-0.3, -0.25) is 0 Å². The van der Waals surface area contributed by atoms with E-state index in [2.05, 4.69) is 22.2 Å². The second kappa shape index (κ2) is 5.85. The van der Waals surface area contributed by atoms with Crippen molar-refractivity contribution in [3.63, 3.8) is 0 Å². The summed E-state index contributed by atoms with van der Waals surface area (Å²) in [6.07, 6.45) is -2.68. The van der Waals surface area contributed by atoms with Gasteiger partial charge in [0.2, 0.25) is 5.95 Å². The Labute approximate surface area is 116 Å². The van der Waals surface area contributed by atoms with Gasteiger partial charge in [0.15, 0.2) is 5.69 Å². The van der Waals surface area contributed by atoms with Crippen LogP contribution >= 0.6 is 0 Å². The minimum absolute atomic E-state index is 0.0521. The molecule has 2 heterocycles. The summed E-state index contributed by atoms with van der Waals surface area (Å²) in [4.78, 5) is 9.65. The predicted octanol–water partition coefficient (Wildman–Crippen LogP) is 3.16. The van der Waals surface area contributed by atoms with E-state index >= 15 is 0 Å². The number of nitrogens with one attached hydrogen (secondary N) is 1. The highest BCUT2D eigenvalue weighted by molar-refractivity contribution is 5.46. The molecule has 0 saturated carbocycles. The molecule has 1 N–H and O–H groups in total. The third-order valence-electron chi connectivity index (χ3n) is 3.28. The Balaban J connectivity index is 2.30. The van der Waals surface area contributed by atoms with Crippen molar-refractivity contribution in [2.75, 3.05) is 29.9 Å². The molecule has 1 saturated heterocycles. The summed E-state index contributed by atoms with van der Waals surface area (Å²) >= 11 is 0. The molecule has 0 aromatic carbocycles. The number of aromatic nitrogens is 2. The fraction of sp³-hybridized carbons (Fsp3) is 0.692. The third-order valence-corrected chi connectivity index (χ3v) is 3.28. The molecule has 1 unspecified atom stereocenters. The average Bonchev–Trinajstić information content (AvgIpc) is 2.82. The first-order valence-corrected chi connectivity index (χ1v) is 6.85. The Morgan fingerprint density at radius 2 is 2.15 bits per heavy atom. The van der Waals surface area contributed by atoms with Crippen LogP contribution in [0.2, 0.25) is 0 Å². The van der Waals surface area contributed by atoms with E-state index in [0.717, 1.165) is 32.0 Å². The van der Waals surface area contributed by atoms with Crippen LogP contribution in [0.15, 0.2) is 6.07 Å². The summed E-state index contributed by atoms with van der Waals surface area (Å²) in [6.45, 7) is 6.05. The number of anilines is 2. The maximum absolute atomic E-state index is 12.9. The molecule has 1 aliphatic rings. The molecule has 0 aliphatic carbocycles. The summed E-state index contributed by atoms with van der Waals surface area (Å²) in [6, 6.07) is 1.04. The van der Waals surface area contributed by atoms with Gasteiger partial charge < -0.3 is 10.2 Å². The SMILES string of the molecule is CCCNc1nc(N2CCC(C)C2)cc(C(F)(F)F)n1. The average molecular weight is 288 g/mol. The summed E-state index contributed by atoms with van der Waals surface area (Å²) in [7, 11) is 0. The van der Waals surface area contributed by atoms with E-state index in [1.807, 2.05) is 11.8 Å². The van der Waals surface area contributed by atoms with Gasteiger partial charge in [0.1, 0.15) is 5.82 Å². The van der Waals surface area contributed by atoms with Crippen LogP contribution in [0, 0.1) is 5.92 Å². The number of hydrogen-bond donors (Lipinski definition) is 1. The lowest BCUT2D eigenvalue weighted by atomic mass is 10.2. The lowest BCUT2D eigenvalue weighted by Crippen LogP contribution is -2.23. The standard InChI is InChI=1S/C13H19F3N4/c1-3-5-17-12-18-10(13(14,15)16)7-11(19-12)20-6-4-9(2)8-20/h7,9H,3-6,8H2,1-2H3,(H,17,18,19). The van der Waals surface area contributed by atoms with E-state index in [0.29, 0.717) is 18.3 Å². The van der Waals surface area contributed by atoms with Gasteiger partial charge in [-0.15, -0.1) is 0 Å². The lowest BCUT2D eigenvalue weighted by molar-refractivity contribution is -0.141. The topological polar surface area (TPSA) is 41.1 Å². The van der Waals surface area contributed by atoms with E-state index in [-0.39, 0.29) is 5.95 Å². The zero-order valence-electron chi connectivity index (χ0n) is 11.7. The van der Waals surface area contributed by atoms with Crippen molar-refractivity contribution in [2.45, 2.75) is 32.9 Å². The van der Waals surface area contributed by atoms with E-state index in [4.69, 9.17) is 0 Å². The minimum atomic E-state index is -4.45. The zero-order valence-corrected chi connectivity index (χ0v) is 11.7. The first kappa shape index (κ1) is 14.9. The van der Waals surface area contributed by atoms with E-state index in [9.17, 15) is 13.2 Å². The van der Waals surface area contributed by atoms with Gasteiger partial charge in [-0.25, -0.2) is 4.98 Å². The molecule has 1 aromatic rings. The van der Waals surface area contributed by atoms with Crippen molar-refractivity contribution in [3.05, 3.63) is 11.8 Å². The van der Waals surface area contributed by atoms with Gasteiger partial charge in [0.05, 0.1) is 0 Å². The number of rotatable bonds is 4. The van der Waals surface area contributed by atoms with Crippen molar-refractivity contribution in [1.82, 2.24) is 9.97 Å². The van der Waals surface area contributed by atoms with Gasteiger partial charge in [0.25, 0.3) is 0 Å². The maximum Gasteiger partial charge on any atom is 0.433 e. The number of alkyl halides is 3. The minimum Gasteiger partial charge on any atom is -0.356 e. The molecule has 20 heavy (non-hydrogen) atoms. The number of halogens is 3. The van der Waals surface area contributed by atoms with Crippen LogP contribution < -0.4 is 10.2 Å². The Morgan fingerprint density at radius 3 is 2.70 bits per heavy atom. The Morgan fingerprint density at radius 1 is 1.40 bits per heavy atom. The van der Waals surface area contributed by atoms with E-state index in [1.165, 1.54) is 0 Å². The smallest absolute Gasteiger partial charge is 0.356 e. The number of hydrogen-bond acceptors (Lipinski definition) is 4. The molecule has 0 amide bonds. The van der Waals surface area contributed by atoms with Crippen molar-refractivity contribution in [1.29, 1.82) is 0 Å². The van der Waals surface area contributed by atoms with E-state index < -0.39 is 11.9 Å². The molecule has 112 valence electrons. The molecule has 1 atom stereocenters. The highest BCUT2D eigenvalue weighted by atomic mass is 19.4. The van der Waals surface area contributed by atoms with Crippen LogP contribution in [0.25, 0.3) is 0 Å². The fourth-order valence-electron chi connectivity index (χ4n) is 2.20. The molecular weight excluding hydrogens is 269 g/mol. The first-order chi connectivity index (χ1) is 9.40. The molecule has 0 radical (unpaired) electrons. The zero-order chi connectivity index (χ0) is 14.8. The van der Waals surface area contributed by atoms with Crippen LogP contribution in [0.5, 0.6) is 0 Å². The molecule has 7 heteroatoms. The van der Waals surface area contributed by atoms with Crippen molar-refractivity contribution < 1.29 is 13.2 Å². The van der Waals surface area contributed by atoms with Crippen LogP contribution in [0.1, 0.15) is 32.4 Å². The largest absolute Gasteiger partial charge is 0.433 e. The normalized spacial score (nSPS) is 19.4. The van der Waals surface area contributed by atoms with Crippen LogP contribution in [0.4, 0.5) is 24.9 Å². The van der Waals surface area contributed by atoms with Crippen molar-refractivity contribution >= 4 is 11.8 Å². The summed E-state index contributed by atoms with van der Waals surface area (Å²) in [5.41, 5.74) is -0.888. The van der Waals surface area contributed by atoms with Crippen LogP contribution in [-0.4, -0.2) is 29.6 Å². The number of nitrogens with zero attached hydrogens (tertiary/aromatic N) is 3. The summed E-state index contributed by atoms with van der Waals surface area (Å²) in [5, 5.41) is 2.83. The highest BCUT2D eigenvalue weighted by Gasteiger charge is 2.34. The van der Waals surface area contributed by atoms with Gasteiger partial charge in [0, 0.05) is 25.7 Å². The summed E-state index contributed by atoms with van der Waals surface area (Å²) < 4.78 is 38.7. The molecule has 0 spiro atoms. The second-order valence-electron chi connectivity index (χ2n) is 5.20. The van der Waals surface area contributed by atoms with Gasteiger partial charge in [-0.2, -0.15) is 18.2 Å². The molecular formula is C13H19F3N4. The molecule has 4 nitrogen and oxygen atoms in total. The molecule has 1 aromatic heterocycles. The Bertz CT molecular complexity index is 461. The second-order valence-corrected chi connectivity index (χ2v) is 5.20. The predicted molar refractivity (Wildman–Crippen MR) is 71.8 cm³/mol. The van der Waals surface area contributed by atoms with Gasteiger partial charge >= 0.3 is 6.18 Å². The molecule has 2 rings (SSSR count). The van der Waals surface area contributed by atoms with Crippen LogP contribution in [0.3, 0.4) is 0 Å². The maximum atomic E-state index is 12.9. The lowest BCUT2D eigenvalue weighted by Gasteiger charge is -2.19. The summed E-state index contributed by atoms with van der Waals surface area (Å²) in [5.74, 6) is 0.887. The Kier molecular flexibility index (Phi) is 4.35. The molecule has 1 fully saturated rings. The third kappa shape index (κ3) is 3.52. The van der Waals surface area contributed by atoms with Crippen molar-refractivity contribution in [3.8, 4) is 0 Å².